The fraction of sp³-hybridized carbons (Fsp3) is 0.375. The topological polar surface area (TPSA) is 29.9 Å². The second-order valence-electron chi connectivity index (χ2n) is 9.21. The van der Waals surface area contributed by atoms with E-state index in [1.54, 1.807) is 0 Å². The number of nitrogens with one attached hydrogen (secondary N) is 1. The summed E-state index contributed by atoms with van der Waals surface area (Å²) >= 11 is 0. The van der Waals surface area contributed by atoms with Crippen molar-refractivity contribution in [3.63, 3.8) is 0 Å². The number of nitrogens with zero attached hydrogens (tertiary/aromatic N) is 2. The van der Waals surface area contributed by atoms with Gasteiger partial charge in [-0.1, -0.05) is 39.8 Å². The van der Waals surface area contributed by atoms with Gasteiger partial charge in [-0.2, -0.15) is 0 Å². The molecule has 0 bridgehead atoms. The first-order valence-corrected chi connectivity index (χ1v) is 9.87. The zero-order valence-corrected chi connectivity index (χ0v) is 17.0. The largest absolute Gasteiger partial charge is 0.343 e. The number of hydrogen-bond acceptors (Lipinski definition) is 2. The van der Waals surface area contributed by atoms with E-state index in [4.69, 9.17) is 0 Å². The number of piperidine rings is 1. The quantitative estimate of drug-likeness (QED) is 0.648. The number of halogens is 1. The van der Waals surface area contributed by atoms with Crippen LogP contribution in [-0.2, 0) is 0 Å². The molecule has 1 fully saturated rings. The van der Waals surface area contributed by atoms with E-state index in [0.717, 1.165) is 29.8 Å². The SMILES string of the molecule is CC1(C)CNCC(C)(C)C1n1ccc(-c2ccc(F)cc2)c1-c1ccncc1. The fourth-order valence-corrected chi connectivity index (χ4v) is 5.05. The van der Waals surface area contributed by atoms with Crippen molar-refractivity contribution < 1.29 is 4.39 Å². The Kier molecular flexibility index (Phi) is 4.62. The van der Waals surface area contributed by atoms with Crippen LogP contribution in [0.5, 0.6) is 0 Å². The summed E-state index contributed by atoms with van der Waals surface area (Å²) in [6.07, 6.45) is 5.87. The Morgan fingerprint density at radius 1 is 0.893 bits per heavy atom. The maximum absolute atomic E-state index is 13.5. The molecule has 0 aliphatic carbocycles. The molecule has 146 valence electrons. The van der Waals surface area contributed by atoms with Gasteiger partial charge in [0.05, 0.1) is 5.69 Å². The third-order valence-electron chi connectivity index (χ3n) is 5.94. The molecule has 1 aliphatic heterocycles. The smallest absolute Gasteiger partial charge is 0.123 e. The summed E-state index contributed by atoms with van der Waals surface area (Å²) in [5.41, 5.74) is 4.62. The first-order valence-electron chi connectivity index (χ1n) is 9.87. The summed E-state index contributed by atoms with van der Waals surface area (Å²) in [4.78, 5) is 4.20. The van der Waals surface area contributed by atoms with E-state index in [-0.39, 0.29) is 16.6 Å². The van der Waals surface area contributed by atoms with E-state index in [2.05, 4.69) is 67.0 Å². The molecule has 1 N–H and O–H groups in total. The lowest BCUT2D eigenvalue weighted by atomic mass is 9.66. The van der Waals surface area contributed by atoms with Crippen LogP contribution >= 0.6 is 0 Å². The Labute approximate surface area is 166 Å². The van der Waals surface area contributed by atoms with Crippen LogP contribution in [0.2, 0.25) is 0 Å². The van der Waals surface area contributed by atoms with Gasteiger partial charge in [0, 0.05) is 48.8 Å². The monoisotopic (exact) mass is 377 g/mol. The molecule has 28 heavy (non-hydrogen) atoms. The van der Waals surface area contributed by atoms with Crippen LogP contribution in [0, 0.1) is 16.6 Å². The molecule has 0 radical (unpaired) electrons. The molecule has 0 unspecified atom stereocenters. The highest BCUT2D eigenvalue weighted by Crippen LogP contribution is 2.49. The lowest BCUT2D eigenvalue weighted by molar-refractivity contribution is 0.0431. The maximum Gasteiger partial charge on any atom is 0.123 e. The maximum atomic E-state index is 13.5. The van der Waals surface area contributed by atoms with Gasteiger partial charge < -0.3 is 9.88 Å². The standard InChI is InChI=1S/C24H28FN3/c1-23(2)15-27-16-24(3,4)22(23)28-14-11-20(17-5-7-19(25)8-6-17)21(28)18-9-12-26-13-10-18/h5-14,22,27H,15-16H2,1-4H3. The molecule has 2 aromatic heterocycles. The second-order valence-corrected chi connectivity index (χ2v) is 9.21. The number of pyridine rings is 1. The highest BCUT2D eigenvalue weighted by atomic mass is 19.1. The average molecular weight is 378 g/mol. The minimum atomic E-state index is -0.214. The lowest BCUT2D eigenvalue weighted by Gasteiger charge is -2.50. The van der Waals surface area contributed by atoms with Crippen LogP contribution in [0.3, 0.4) is 0 Å². The van der Waals surface area contributed by atoms with Gasteiger partial charge in [-0.15, -0.1) is 0 Å². The van der Waals surface area contributed by atoms with Gasteiger partial charge in [-0.25, -0.2) is 4.39 Å². The Morgan fingerprint density at radius 2 is 1.50 bits per heavy atom. The molecule has 0 saturated carbocycles. The normalized spacial score (nSPS) is 18.9. The molecule has 4 rings (SSSR count). The van der Waals surface area contributed by atoms with E-state index < -0.39 is 0 Å². The van der Waals surface area contributed by atoms with Crippen LogP contribution in [-0.4, -0.2) is 22.6 Å². The fourth-order valence-electron chi connectivity index (χ4n) is 5.05. The zero-order chi connectivity index (χ0) is 19.9. The minimum absolute atomic E-state index is 0.0859. The molecular formula is C24H28FN3. The van der Waals surface area contributed by atoms with Gasteiger partial charge in [0.2, 0.25) is 0 Å². The summed E-state index contributed by atoms with van der Waals surface area (Å²) in [5.74, 6) is -0.214. The molecule has 3 heterocycles. The predicted molar refractivity (Wildman–Crippen MR) is 113 cm³/mol. The van der Waals surface area contributed by atoms with Crippen LogP contribution in [0.15, 0.2) is 61.1 Å². The molecule has 1 saturated heterocycles. The van der Waals surface area contributed by atoms with Gasteiger partial charge in [0.25, 0.3) is 0 Å². The van der Waals surface area contributed by atoms with E-state index >= 15 is 0 Å². The van der Waals surface area contributed by atoms with Crippen molar-refractivity contribution in [1.82, 2.24) is 14.9 Å². The van der Waals surface area contributed by atoms with E-state index in [0.29, 0.717) is 6.04 Å². The Morgan fingerprint density at radius 3 is 2.11 bits per heavy atom. The molecule has 0 spiro atoms. The Bertz CT molecular complexity index is 939. The molecule has 3 nitrogen and oxygen atoms in total. The zero-order valence-electron chi connectivity index (χ0n) is 17.0. The minimum Gasteiger partial charge on any atom is -0.343 e. The van der Waals surface area contributed by atoms with Gasteiger partial charge in [0.15, 0.2) is 0 Å². The Hall–Kier alpha value is -2.46. The lowest BCUT2D eigenvalue weighted by Crippen LogP contribution is -2.53. The molecule has 3 aromatic rings. The molecule has 0 amide bonds. The van der Waals surface area contributed by atoms with Crippen molar-refractivity contribution in [2.75, 3.05) is 13.1 Å². The number of aromatic nitrogens is 2. The number of benzene rings is 1. The van der Waals surface area contributed by atoms with Gasteiger partial charge in [-0.3, -0.25) is 4.98 Å². The molecule has 1 aliphatic rings. The van der Waals surface area contributed by atoms with E-state index in [1.165, 1.54) is 17.8 Å². The van der Waals surface area contributed by atoms with Gasteiger partial charge in [0.1, 0.15) is 5.82 Å². The molecular weight excluding hydrogens is 349 g/mol. The molecule has 0 atom stereocenters. The first kappa shape index (κ1) is 18.9. The molecule has 4 heteroatoms. The van der Waals surface area contributed by atoms with Crippen molar-refractivity contribution >= 4 is 0 Å². The summed E-state index contributed by atoms with van der Waals surface area (Å²) in [7, 11) is 0. The first-order chi connectivity index (χ1) is 13.3. The van der Waals surface area contributed by atoms with Crippen LogP contribution < -0.4 is 5.32 Å². The van der Waals surface area contributed by atoms with Crippen molar-refractivity contribution in [3.8, 4) is 22.4 Å². The Balaban J connectivity index is 1.94. The van der Waals surface area contributed by atoms with Crippen LogP contribution in [0.25, 0.3) is 22.4 Å². The van der Waals surface area contributed by atoms with Gasteiger partial charge in [-0.05, 0) is 46.7 Å². The second kappa shape index (κ2) is 6.85. The summed E-state index contributed by atoms with van der Waals surface area (Å²) in [6, 6.07) is 13.4. The molecule has 1 aromatic carbocycles. The highest BCUT2D eigenvalue weighted by Gasteiger charge is 2.45. The van der Waals surface area contributed by atoms with Crippen molar-refractivity contribution in [3.05, 3.63) is 66.9 Å². The van der Waals surface area contributed by atoms with E-state index in [9.17, 15) is 4.39 Å². The van der Waals surface area contributed by atoms with Gasteiger partial charge >= 0.3 is 0 Å². The van der Waals surface area contributed by atoms with Crippen molar-refractivity contribution in [2.24, 2.45) is 10.8 Å². The van der Waals surface area contributed by atoms with Crippen LogP contribution in [0.4, 0.5) is 4.39 Å². The van der Waals surface area contributed by atoms with E-state index in [1.807, 2.05) is 24.5 Å². The van der Waals surface area contributed by atoms with Crippen molar-refractivity contribution in [1.29, 1.82) is 0 Å². The average Bonchev–Trinajstić information content (AvgIpc) is 3.05. The number of rotatable bonds is 3. The third-order valence-corrected chi connectivity index (χ3v) is 5.94. The third kappa shape index (κ3) is 3.26. The predicted octanol–water partition coefficient (Wildman–Crippen LogP) is 5.55. The summed E-state index contributed by atoms with van der Waals surface area (Å²) in [6.45, 7) is 11.3. The number of hydrogen-bond donors (Lipinski definition) is 1. The van der Waals surface area contributed by atoms with Crippen molar-refractivity contribution in [2.45, 2.75) is 33.7 Å². The summed E-state index contributed by atoms with van der Waals surface area (Å²) in [5, 5.41) is 3.60. The highest BCUT2D eigenvalue weighted by molar-refractivity contribution is 5.81. The summed E-state index contributed by atoms with van der Waals surface area (Å²) < 4.78 is 15.9. The van der Waals surface area contributed by atoms with Crippen LogP contribution in [0.1, 0.15) is 33.7 Å².